The Morgan fingerprint density at radius 2 is 2.05 bits per heavy atom. The maximum atomic E-state index is 4.56. The average molecular weight is 258 g/mol. The van der Waals surface area contributed by atoms with E-state index in [-0.39, 0.29) is 6.04 Å². The highest BCUT2D eigenvalue weighted by Crippen LogP contribution is 2.21. The van der Waals surface area contributed by atoms with Gasteiger partial charge in [0, 0.05) is 37.2 Å². The first-order valence-electron chi connectivity index (χ1n) is 6.64. The molecule has 0 amide bonds. The van der Waals surface area contributed by atoms with Crippen molar-refractivity contribution in [2.24, 2.45) is 7.05 Å². The summed E-state index contributed by atoms with van der Waals surface area (Å²) in [6.45, 7) is 9.27. The molecule has 0 saturated heterocycles. The monoisotopic (exact) mass is 258 g/mol. The Balaban J connectivity index is 2.12. The molecule has 2 heterocycles. The van der Waals surface area contributed by atoms with E-state index in [1.165, 1.54) is 16.8 Å². The minimum Gasteiger partial charge on any atom is -0.305 e. The molecule has 0 fully saturated rings. The van der Waals surface area contributed by atoms with Crippen LogP contribution >= 0.6 is 0 Å². The number of nitrogens with one attached hydrogen (secondary N) is 1. The Kier molecular flexibility index (Phi) is 4.00. The van der Waals surface area contributed by atoms with Gasteiger partial charge in [-0.15, -0.1) is 0 Å². The summed E-state index contributed by atoms with van der Waals surface area (Å²) in [5.41, 5.74) is 5.98. The van der Waals surface area contributed by atoms with Crippen LogP contribution in [0.1, 0.15) is 41.2 Å². The van der Waals surface area contributed by atoms with Gasteiger partial charge in [0.15, 0.2) is 0 Å². The van der Waals surface area contributed by atoms with Crippen molar-refractivity contribution in [3.8, 4) is 0 Å². The van der Waals surface area contributed by atoms with Crippen molar-refractivity contribution in [3.05, 3.63) is 46.5 Å². The Morgan fingerprint density at radius 1 is 1.32 bits per heavy atom. The molecule has 0 aliphatic carbocycles. The van der Waals surface area contributed by atoms with Gasteiger partial charge >= 0.3 is 0 Å². The van der Waals surface area contributed by atoms with Crippen LogP contribution in [-0.4, -0.2) is 14.8 Å². The van der Waals surface area contributed by atoms with Crippen LogP contribution in [0.25, 0.3) is 0 Å². The number of aryl methyl sites for hydroxylation is 4. The van der Waals surface area contributed by atoms with Crippen molar-refractivity contribution in [3.63, 3.8) is 0 Å². The lowest BCUT2D eigenvalue weighted by molar-refractivity contribution is 0.542. The predicted molar refractivity (Wildman–Crippen MR) is 76.9 cm³/mol. The van der Waals surface area contributed by atoms with E-state index in [1.54, 1.807) is 0 Å². The highest BCUT2D eigenvalue weighted by atomic mass is 15.3. The fourth-order valence-electron chi connectivity index (χ4n) is 2.62. The summed E-state index contributed by atoms with van der Waals surface area (Å²) in [4.78, 5) is 4.56. The summed E-state index contributed by atoms with van der Waals surface area (Å²) >= 11 is 0. The summed E-state index contributed by atoms with van der Waals surface area (Å²) < 4.78 is 1.90. The molecule has 2 aromatic heterocycles. The number of pyridine rings is 1. The van der Waals surface area contributed by atoms with Crippen molar-refractivity contribution < 1.29 is 0 Å². The Bertz CT molecular complexity index is 548. The van der Waals surface area contributed by atoms with E-state index in [0.29, 0.717) is 0 Å². The van der Waals surface area contributed by atoms with Crippen LogP contribution in [0, 0.1) is 20.8 Å². The number of rotatable bonds is 4. The van der Waals surface area contributed by atoms with Gasteiger partial charge in [-0.25, -0.2) is 0 Å². The van der Waals surface area contributed by atoms with Gasteiger partial charge in [-0.2, -0.15) is 5.10 Å². The molecule has 0 radical (unpaired) electrons. The predicted octanol–water partition coefficient (Wildman–Crippen LogP) is 2.59. The first-order valence-corrected chi connectivity index (χ1v) is 6.64. The summed E-state index contributed by atoms with van der Waals surface area (Å²) in [5.74, 6) is 0. The average Bonchev–Trinajstić information content (AvgIpc) is 2.70. The summed E-state index contributed by atoms with van der Waals surface area (Å²) in [7, 11) is 1.96. The lowest BCUT2D eigenvalue weighted by Gasteiger charge is -2.19. The molecular formula is C15H22N4. The van der Waals surface area contributed by atoms with Gasteiger partial charge in [0.25, 0.3) is 0 Å². The van der Waals surface area contributed by atoms with Gasteiger partial charge in [-0.1, -0.05) is 0 Å². The van der Waals surface area contributed by atoms with E-state index in [9.17, 15) is 0 Å². The maximum absolute atomic E-state index is 4.56. The van der Waals surface area contributed by atoms with Crippen molar-refractivity contribution in [1.82, 2.24) is 20.1 Å². The third kappa shape index (κ3) is 3.01. The molecule has 0 aromatic carbocycles. The summed E-state index contributed by atoms with van der Waals surface area (Å²) in [6, 6.07) is 4.46. The molecule has 0 aliphatic rings. The molecular weight excluding hydrogens is 236 g/mol. The molecule has 4 heteroatoms. The molecule has 0 bridgehead atoms. The largest absolute Gasteiger partial charge is 0.305 e. The molecule has 4 nitrogen and oxygen atoms in total. The standard InChI is InChI=1S/C15H22N4/c1-10-8-11(2)18-13(4)15(10)12(3)16-9-14-6-7-17-19(14)5/h6-8,12,16H,9H2,1-5H3. The van der Waals surface area contributed by atoms with Gasteiger partial charge in [-0.3, -0.25) is 9.67 Å². The fraction of sp³-hybridized carbons (Fsp3) is 0.467. The molecule has 0 aliphatic heterocycles. The molecule has 2 rings (SSSR count). The maximum Gasteiger partial charge on any atom is 0.0518 e. The van der Waals surface area contributed by atoms with E-state index >= 15 is 0 Å². The Labute approximate surface area is 114 Å². The van der Waals surface area contributed by atoms with Crippen molar-refractivity contribution >= 4 is 0 Å². The highest BCUT2D eigenvalue weighted by Gasteiger charge is 2.13. The fourth-order valence-corrected chi connectivity index (χ4v) is 2.62. The first kappa shape index (κ1) is 13.7. The van der Waals surface area contributed by atoms with Gasteiger partial charge in [0.1, 0.15) is 0 Å². The highest BCUT2D eigenvalue weighted by molar-refractivity contribution is 5.33. The molecule has 0 spiro atoms. The normalized spacial score (nSPS) is 12.7. The third-order valence-electron chi connectivity index (χ3n) is 3.53. The smallest absolute Gasteiger partial charge is 0.0518 e. The van der Waals surface area contributed by atoms with Gasteiger partial charge in [-0.05, 0) is 51.0 Å². The molecule has 1 unspecified atom stereocenters. The zero-order valence-corrected chi connectivity index (χ0v) is 12.4. The van der Waals surface area contributed by atoms with Crippen LogP contribution in [0.3, 0.4) is 0 Å². The second kappa shape index (κ2) is 5.53. The lowest BCUT2D eigenvalue weighted by Crippen LogP contribution is -2.21. The van der Waals surface area contributed by atoms with E-state index in [1.807, 2.05) is 30.9 Å². The van der Waals surface area contributed by atoms with Crippen molar-refractivity contribution in [2.45, 2.75) is 40.3 Å². The van der Waals surface area contributed by atoms with E-state index in [2.05, 4.69) is 42.2 Å². The minimum absolute atomic E-state index is 0.281. The van der Waals surface area contributed by atoms with Gasteiger partial charge in [0.2, 0.25) is 0 Å². The number of hydrogen-bond acceptors (Lipinski definition) is 3. The van der Waals surface area contributed by atoms with Crippen molar-refractivity contribution in [1.29, 1.82) is 0 Å². The number of hydrogen-bond donors (Lipinski definition) is 1. The SMILES string of the molecule is Cc1cc(C)c(C(C)NCc2ccnn2C)c(C)n1. The van der Waals surface area contributed by atoms with Crippen LogP contribution in [0.2, 0.25) is 0 Å². The zero-order valence-electron chi connectivity index (χ0n) is 12.4. The second-order valence-electron chi connectivity index (χ2n) is 5.13. The van der Waals surface area contributed by atoms with E-state index in [0.717, 1.165) is 17.9 Å². The minimum atomic E-state index is 0.281. The van der Waals surface area contributed by atoms with Crippen LogP contribution in [-0.2, 0) is 13.6 Å². The Morgan fingerprint density at radius 3 is 2.63 bits per heavy atom. The van der Waals surface area contributed by atoms with E-state index in [4.69, 9.17) is 0 Å². The summed E-state index contributed by atoms with van der Waals surface area (Å²) in [5, 5.41) is 7.72. The van der Waals surface area contributed by atoms with Crippen LogP contribution < -0.4 is 5.32 Å². The van der Waals surface area contributed by atoms with Crippen LogP contribution in [0.4, 0.5) is 0 Å². The zero-order chi connectivity index (χ0) is 14.0. The second-order valence-corrected chi connectivity index (χ2v) is 5.13. The number of nitrogens with zero attached hydrogens (tertiary/aromatic N) is 3. The van der Waals surface area contributed by atoms with Gasteiger partial charge < -0.3 is 5.32 Å². The van der Waals surface area contributed by atoms with Crippen LogP contribution in [0.5, 0.6) is 0 Å². The van der Waals surface area contributed by atoms with Crippen molar-refractivity contribution in [2.75, 3.05) is 0 Å². The molecule has 102 valence electrons. The molecule has 19 heavy (non-hydrogen) atoms. The molecule has 1 atom stereocenters. The number of aromatic nitrogens is 3. The molecule has 0 saturated carbocycles. The molecule has 2 aromatic rings. The molecule has 1 N–H and O–H groups in total. The Hall–Kier alpha value is -1.68. The van der Waals surface area contributed by atoms with Crippen LogP contribution in [0.15, 0.2) is 18.3 Å². The third-order valence-corrected chi connectivity index (χ3v) is 3.53. The lowest BCUT2D eigenvalue weighted by atomic mass is 10.0. The topological polar surface area (TPSA) is 42.7 Å². The first-order chi connectivity index (χ1) is 8.99. The van der Waals surface area contributed by atoms with Gasteiger partial charge in [0.05, 0.1) is 5.69 Å². The summed E-state index contributed by atoms with van der Waals surface area (Å²) in [6.07, 6.45) is 1.83. The quantitative estimate of drug-likeness (QED) is 0.916. The van der Waals surface area contributed by atoms with E-state index < -0.39 is 0 Å².